The van der Waals surface area contributed by atoms with Crippen molar-refractivity contribution in [1.29, 1.82) is 5.26 Å². The minimum atomic E-state index is -0.390. The lowest BCUT2D eigenvalue weighted by molar-refractivity contribution is 0.102. The van der Waals surface area contributed by atoms with Crippen LogP contribution in [0.4, 0.5) is 17.2 Å². The summed E-state index contributed by atoms with van der Waals surface area (Å²) in [5, 5.41) is 27.1. The molecule has 0 radical (unpaired) electrons. The van der Waals surface area contributed by atoms with Crippen LogP contribution < -0.4 is 16.8 Å². The number of amides is 1. The molecule has 178 valence electrons. The Hall–Kier alpha value is -5.36. The van der Waals surface area contributed by atoms with Crippen molar-refractivity contribution < 1.29 is 9.90 Å². The molecule has 36 heavy (non-hydrogen) atoms. The zero-order valence-corrected chi connectivity index (χ0v) is 19.4. The minimum absolute atomic E-state index is 0.164. The Balaban J connectivity index is 0.000000187. The van der Waals surface area contributed by atoms with Crippen molar-refractivity contribution in [3.05, 3.63) is 102 Å². The van der Waals surface area contributed by atoms with Crippen LogP contribution in [0.25, 0.3) is 16.6 Å². The van der Waals surface area contributed by atoms with Crippen molar-refractivity contribution in [2.75, 3.05) is 16.8 Å². The fourth-order valence-electron chi connectivity index (χ4n) is 3.48. The zero-order chi connectivity index (χ0) is 25.7. The van der Waals surface area contributed by atoms with Crippen LogP contribution in [0.3, 0.4) is 0 Å². The quantitative estimate of drug-likeness (QED) is 0.221. The number of fused-ring (bicyclic) bond motifs is 1. The van der Waals surface area contributed by atoms with Crippen molar-refractivity contribution in [2.24, 2.45) is 0 Å². The molecule has 0 aliphatic carbocycles. The first-order valence-electron chi connectivity index (χ1n) is 10.9. The van der Waals surface area contributed by atoms with Gasteiger partial charge >= 0.3 is 0 Å². The van der Waals surface area contributed by atoms with Gasteiger partial charge in [0.05, 0.1) is 17.4 Å². The topological polar surface area (TPSA) is 156 Å². The van der Waals surface area contributed by atoms with E-state index < -0.39 is 0 Å². The van der Waals surface area contributed by atoms with E-state index in [1.54, 1.807) is 24.4 Å². The maximum absolute atomic E-state index is 12.4. The number of aromatic nitrogens is 3. The Labute approximate surface area is 207 Å². The third-order valence-corrected chi connectivity index (χ3v) is 5.41. The molecule has 0 saturated heterocycles. The number of anilines is 3. The average molecular weight is 478 g/mol. The number of carbonyl (C=O) groups is 1. The fourth-order valence-corrected chi connectivity index (χ4v) is 3.48. The Morgan fingerprint density at radius 2 is 1.78 bits per heavy atom. The maximum Gasteiger partial charge on any atom is 0.259 e. The van der Waals surface area contributed by atoms with E-state index in [2.05, 4.69) is 15.4 Å². The Morgan fingerprint density at radius 3 is 2.44 bits per heavy atom. The Kier molecular flexibility index (Phi) is 6.79. The Bertz CT molecular complexity index is 1570. The molecule has 3 aromatic carbocycles. The smallest absolute Gasteiger partial charge is 0.259 e. The number of nitriles is 1. The average Bonchev–Trinajstić information content (AvgIpc) is 3.28. The van der Waals surface area contributed by atoms with E-state index in [9.17, 15) is 9.90 Å². The lowest BCUT2D eigenvalue weighted by Gasteiger charge is -2.11. The number of pyridine rings is 1. The van der Waals surface area contributed by atoms with Gasteiger partial charge in [0.15, 0.2) is 11.6 Å². The molecule has 0 saturated carbocycles. The molecule has 0 aliphatic heterocycles. The summed E-state index contributed by atoms with van der Waals surface area (Å²) in [7, 11) is 0. The normalized spacial score (nSPS) is 10.2. The van der Waals surface area contributed by atoms with Gasteiger partial charge in [-0.15, -0.1) is 0 Å². The molecular weight excluding hydrogens is 454 g/mol. The molecule has 5 aromatic rings. The molecular formula is C27H23N7O2. The third kappa shape index (κ3) is 4.93. The van der Waals surface area contributed by atoms with Crippen molar-refractivity contribution in [1.82, 2.24) is 14.8 Å². The highest BCUT2D eigenvalue weighted by atomic mass is 16.3. The van der Waals surface area contributed by atoms with Crippen LogP contribution in [0.1, 0.15) is 21.5 Å². The van der Waals surface area contributed by atoms with Gasteiger partial charge in [-0.1, -0.05) is 48.0 Å². The summed E-state index contributed by atoms with van der Waals surface area (Å²) in [6.07, 6.45) is 3.06. The van der Waals surface area contributed by atoms with E-state index in [4.69, 9.17) is 16.7 Å². The first-order chi connectivity index (χ1) is 17.4. The first-order valence-corrected chi connectivity index (χ1v) is 10.9. The number of nitrogens with zero attached hydrogens (tertiary/aromatic N) is 4. The van der Waals surface area contributed by atoms with Crippen LogP contribution in [-0.2, 0) is 0 Å². The molecule has 5 rings (SSSR count). The summed E-state index contributed by atoms with van der Waals surface area (Å²) in [5.74, 6) is 0.333. The lowest BCUT2D eigenvalue weighted by atomic mass is 10.0. The summed E-state index contributed by atoms with van der Waals surface area (Å²) in [4.78, 5) is 16.5. The van der Waals surface area contributed by atoms with E-state index in [1.165, 1.54) is 10.9 Å². The first kappa shape index (κ1) is 23.8. The van der Waals surface area contributed by atoms with Crippen LogP contribution in [0.5, 0.6) is 5.75 Å². The number of aryl methyl sites for hydroxylation is 1. The number of phenols is 1. The summed E-state index contributed by atoms with van der Waals surface area (Å²) >= 11 is 0. The number of nitrogen functional groups attached to an aromatic ring is 2. The maximum atomic E-state index is 12.4. The largest absolute Gasteiger partial charge is 0.505 e. The molecule has 0 unspecified atom stereocenters. The lowest BCUT2D eigenvalue weighted by Crippen LogP contribution is -2.12. The number of nitrogens with two attached hydrogens (primary N) is 2. The van der Waals surface area contributed by atoms with Crippen LogP contribution in [-0.4, -0.2) is 25.8 Å². The highest BCUT2D eigenvalue weighted by molar-refractivity contribution is 6.11. The van der Waals surface area contributed by atoms with Crippen molar-refractivity contribution in [2.45, 2.75) is 6.92 Å². The van der Waals surface area contributed by atoms with Gasteiger partial charge in [-0.25, -0.2) is 4.98 Å². The summed E-state index contributed by atoms with van der Waals surface area (Å²) in [6, 6.07) is 23.8. The van der Waals surface area contributed by atoms with Crippen molar-refractivity contribution in [3.8, 4) is 17.6 Å². The van der Waals surface area contributed by atoms with Gasteiger partial charge in [0.25, 0.3) is 5.91 Å². The number of hydrogen-bond acceptors (Lipinski definition) is 7. The third-order valence-electron chi connectivity index (χ3n) is 5.41. The van der Waals surface area contributed by atoms with Gasteiger partial charge in [0, 0.05) is 17.3 Å². The number of carbonyl (C=O) groups excluding carboxylic acids is 1. The van der Waals surface area contributed by atoms with Gasteiger partial charge in [-0.05, 0) is 42.6 Å². The van der Waals surface area contributed by atoms with Gasteiger partial charge < -0.3 is 21.9 Å². The van der Waals surface area contributed by atoms with Crippen molar-refractivity contribution in [3.63, 3.8) is 0 Å². The van der Waals surface area contributed by atoms with Gasteiger partial charge in [0.2, 0.25) is 0 Å². The number of aromatic hydroxyl groups is 1. The van der Waals surface area contributed by atoms with Crippen LogP contribution in [0.15, 0.2) is 85.2 Å². The van der Waals surface area contributed by atoms with Gasteiger partial charge in [-0.2, -0.15) is 15.0 Å². The molecule has 0 atom stereocenters. The number of rotatable bonds is 3. The number of nitrogens with one attached hydrogen (secondary N) is 1. The van der Waals surface area contributed by atoms with E-state index in [0.29, 0.717) is 22.9 Å². The molecule has 1 amide bonds. The molecule has 0 aliphatic rings. The van der Waals surface area contributed by atoms with E-state index >= 15 is 0 Å². The van der Waals surface area contributed by atoms with Crippen LogP contribution >= 0.6 is 0 Å². The highest BCUT2D eigenvalue weighted by Gasteiger charge is 2.16. The summed E-state index contributed by atoms with van der Waals surface area (Å²) in [5.41, 5.74) is 14.1. The molecule has 6 N–H and O–H groups in total. The summed E-state index contributed by atoms with van der Waals surface area (Å²) in [6.45, 7) is 1.97. The van der Waals surface area contributed by atoms with Crippen LogP contribution in [0.2, 0.25) is 0 Å². The number of hydrogen-bond donors (Lipinski definition) is 4. The molecule has 9 nitrogen and oxygen atoms in total. The Morgan fingerprint density at radius 1 is 1.06 bits per heavy atom. The molecule has 2 aromatic heterocycles. The summed E-state index contributed by atoms with van der Waals surface area (Å²) < 4.78 is 1.43. The SMILES string of the molecule is Cc1ccc(NC(=O)c2cc3ccccc3c(N)c2O)cc1.N#Cc1cnn(-c2ccccn2)c1N. The zero-order valence-electron chi connectivity index (χ0n) is 19.4. The molecule has 0 fully saturated rings. The van der Waals surface area contributed by atoms with Crippen molar-refractivity contribution >= 4 is 33.9 Å². The van der Waals surface area contributed by atoms with E-state index in [-0.39, 0.29) is 22.9 Å². The molecule has 0 spiro atoms. The second-order valence-electron chi connectivity index (χ2n) is 7.88. The predicted octanol–water partition coefficient (Wildman–Crippen LogP) is 4.41. The monoisotopic (exact) mass is 477 g/mol. The number of benzene rings is 3. The van der Waals surface area contributed by atoms with Gasteiger partial charge in [-0.3, -0.25) is 4.79 Å². The van der Waals surface area contributed by atoms with Gasteiger partial charge in [0.1, 0.15) is 17.5 Å². The van der Waals surface area contributed by atoms with E-state index in [1.807, 2.05) is 67.6 Å². The fraction of sp³-hybridized carbons (Fsp3) is 0.0370. The second-order valence-corrected chi connectivity index (χ2v) is 7.88. The highest BCUT2D eigenvalue weighted by Crippen LogP contribution is 2.34. The van der Waals surface area contributed by atoms with E-state index in [0.717, 1.165) is 16.3 Å². The van der Waals surface area contributed by atoms with Crippen LogP contribution in [0, 0.1) is 18.3 Å². The number of phenolic OH excluding ortho intramolecular Hbond substituents is 1. The molecule has 2 heterocycles. The molecule has 0 bridgehead atoms. The minimum Gasteiger partial charge on any atom is -0.505 e. The molecule has 9 heteroatoms. The second kappa shape index (κ2) is 10.3. The predicted molar refractivity (Wildman–Crippen MR) is 140 cm³/mol. The standard InChI is InChI=1S/C18H16N2O2.C9H7N5/c1-11-6-8-13(9-7-11)20-18(22)15-10-12-4-2-3-5-14(12)16(19)17(15)21;10-5-7-6-13-14(9(7)11)8-3-1-2-4-12-8/h2-10,21H,19H2,1H3,(H,20,22);1-4,6H,11H2.